The summed E-state index contributed by atoms with van der Waals surface area (Å²) in [6, 6.07) is 0.0622. The van der Waals surface area contributed by atoms with Crippen LogP contribution < -0.4 is 10.0 Å². The molecule has 16 heavy (non-hydrogen) atoms. The van der Waals surface area contributed by atoms with Crippen LogP contribution in [0.4, 0.5) is 5.00 Å². The molecule has 1 fully saturated rings. The Labute approximate surface area is 98.7 Å². The van der Waals surface area contributed by atoms with Crippen LogP contribution in [0.1, 0.15) is 19.3 Å². The molecule has 0 radical (unpaired) electrons. The molecule has 0 amide bonds. The van der Waals surface area contributed by atoms with E-state index in [1.165, 1.54) is 6.20 Å². The van der Waals surface area contributed by atoms with Crippen molar-refractivity contribution in [2.45, 2.75) is 25.3 Å². The highest BCUT2D eigenvalue weighted by Crippen LogP contribution is 2.14. The molecular formula is C8H14N4O2S2. The van der Waals surface area contributed by atoms with Crippen molar-refractivity contribution >= 4 is 26.6 Å². The summed E-state index contributed by atoms with van der Waals surface area (Å²) < 4.78 is 29.6. The van der Waals surface area contributed by atoms with E-state index in [4.69, 9.17) is 0 Å². The molecule has 2 rings (SSSR count). The molecule has 1 atom stereocenters. The zero-order valence-corrected chi connectivity index (χ0v) is 10.4. The SMILES string of the molecule is O=S(=O)(CC1CCCCN1)Nc1cnns1. The molecule has 1 aliphatic heterocycles. The van der Waals surface area contributed by atoms with Gasteiger partial charge in [-0.1, -0.05) is 10.9 Å². The highest BCUT2D eigenvalue weighted by Gasteiger charge is 2.21. The Hall–Kier alpha value is -0.730. The standard InChI is InChI=1S/C8H14N4O2S2/c13-16(14,11-8-5-10-12-15-8)6-7-3-1-2-4-9-7/h5,7,9,11H,1-4,6H2. The lowest BCUT2D eigenvalue weighted by Gasteiger charge is -2.23. The topological polar surface area (TPSA) is 84.0 Å². The molecule has 1 saturated heterocycles. The van der Waals surface area contributed by atoms with Gasteiger partial charge in [-0.3, -0.25) is 4.72 Å². The van der Waals surface area contributed by atoms with Crippen LogP contribution in [0, 0.1) is 0 Å². The average Bonchev–Trinajstić information content (AvgIpc) is 2.70. The minimum atomic E-state index is -3.29. The van der Waals surface area contributed by atoms with Gasteiger partial charge in [-0.05, 0) is 19.4 Å². The van der Waals surface area contributed by atoms with Gasteiger partial charge < -0.3 is 5.32 Å². The number of sulfonamides is 1. The van der Waals surface area contributed by atoms with Crippen LogP contribution in [0.5, 0.6) is 0 Å². The zero-order chi connectivity index (χ0) is 11.4. The summed E-state index contributed by atoms with van der Waals surface area (Å²) in [5, 5.41) is 7.26. The van der Waals surface area contributed by atoms with E-state index in [1.807, 2.05) is 0 Å². The second-order valence-corrected chi connectivity index (χ2v) is 6.36. The normalized spacial score (nSPS) is 21.9. The Kier molecular flexibility index (Phi) is 3.72. The molecular weight excluding hydrogens is 248 g/mol. The smallest absolute Gasteiger partial charge is 0.234 e. The van der Waals surface area contributed by atoms with E-state index >= 15 is 0 Å². The van der Waals surface area contributed by atoms with E-state index in [9.17, 15) is 8.42 Å². The predicted octanol–water partition coefficient (Wildman–Crippen LogP) is 0.422. The second kappa shape index (κ2) is 5.07. The third kappa shape index (κ3) is 3.39. The van der Waals surface area contributed by atoms with Crippen molar-refractivity contribution in [3.8, 4) is 0 Å². The average molecular weight is 262 g/mol. The molecule has 2 heterocycles. The van der Waals surface area contributed by atoms with Gasteiger partial charge in [0.25, 0.3) is 0 Å². The first kappa shape index (κ1) is 11.7. The maximum absolute atomic E-state index is 11.8. The number of piperidine rings is 1. The molecule has 2 N–H and O–H groups in total. The van der Waals surface area contributed by atoms with E-state index in [2.05, 4.69) is 19.6 Å². The van der Waals surface area contributed by atoms with Crippen molar-refractivity contribution in [1.29, 1.82) is 0 Å². The fraction of sp³-hybridized carbons (Fsp3) is 0.750. The number of nitrogens with zero attached hydrogens (tertiary/aromatic N) is 2. The molecule has 0 saturated carbocycles. The van der Waals surface area contributed by atoms with Crippen LogP contribution in [0.3, 0.4) is 0 Å². The van der Waals surface area contributed by atoms with Crippen LogP contribution in [0.2, 0.25) is 0 Å². The number of hydrogen-bond donors (Lipinski definition) is 2. The van der Waals surface area contributed by atoms with Crippen molar-refractivity contribution < 1.29 is 8.42 Å². The summed E-state index contributed by atoms with van der Waals surface area (Å²) in [6.45, 7) is 0.905. The van der Waals surface area contributed by atoms with Gasteiger partial charge in [-0.15, -0.1) is 5.10 Å². The van der Waals surface area contributed by atoms with Crippen LogP contribution in [0.15, 0.2) is 6.20 Å². The van der Waals surface area contributed by atoms with Gasteiger partial charge >= 0.3 is 0 Å². The van der Waals surface area contributed by atoms with Crippen molar-refractivity contribution in [2.24, 2.45) is 0 Å². The summed E-state index contributed by atoms with van der Waals surface area (Å²) in [5.41, 5.74) is 0. The predicted molar refractivity (Wildman–Crippen MR) is 63.0 cm³/mol. The van der Waals surface area contributed by atoms with Crippen LogP contribution in [-0.4, -0.2) is 36.3 Å². The number of hydrogen-bond acceptors (Lipinski definition) is 6. The largest absolute Gasteiger partial charge is 0.313 e. The van der Waals surface area contributed by atoms with E-state index in [0.29, 0.717) is 5.00 Å². The molecule has 1 aromatic heterocycles. The van der Waals surface area contributed by atoms with Gasteiger partial charge in [0.2, 0.25) is 10.0 Å². The lowest BCUT2D eigenvalue weighted by molar-refractivity contribution is 0.424. The third-order valence-corrected chi connectivity index (χ3v) is 4.53. The van der Waals surface area contributed by atoms with E-state index in [0.717, 1.165) is 37.3 Å². The van der Waals surface area contributed by atoms with Gasteiger partial charge in [0.05, 0.1) is 11.9 Å². The fourth-order valence-electron chi connectivity index (χ4n) is 1.74. The van der Waals surface area contributed by atoms with E-state index < -0.39 is 10.0 Å². The van der Waals surface area contributed by atoms with Crippen LogP contribution in [-0.2, 0) is 10.0 Å². The summed E-state index contributed by atoms with van der Waals surface area (Å²) in [7, 11) is -3.29. The Morgan fingerprint density at radius 1 is 1.56 bits per heavy atom. The quantitative estimate of drug-likeness (QED) is 0.821. The van der Waals surface area contributed by atoms with Gasteiger partial charge in [-0.25, -0.2) is 8.42 Å². The highest BCUT2D eigenvalue weighted by atomic mass is 32.2. The molecule has 0 aromatic carbocycles. The molecule has 0 aliphatic carbocycles. The van der Waals surface area contributed by atoms with Crippen molar-refractivity contribution in [2.75, 3.05) is 17.0 Å². The molecule has 0 spiro atoms. The van der Waals surface area contributed by atoms with Crippen LogP contribution >= 0.6 is 11.5 Å². The Morgan fingerprint density at radius 3 is 3.06 bits per heavy atom. The molecule has 0 bridgehead atoms. The minimum Gasteiger partial charge on any atom is -0.313 e. The Balaban J connectivity index is 1.92. The first-order valence-corrected chi connectivity index (χ1v) is 7.59. The molecule has 8 heteroatoms. The van der Waals surface area contributed by atoms with Crippen LogP contribution in [0.25, 0.3) is 0 Å². The highest BCUT2D eigenvalue weighted by molar-refractivity contribution is 7.92. The van der Waals surface area contributed by atoms with Crippen molar-refractivity contribution in [1.82, 2.24) is 14.9 Å². The van der Waals surface area contributed by atoms with Gasteiger partial charge in [0.1, 0.15) is 5.00 Å². The van der Waals surface area contributed by atoms with E-state index in [-0.39, 0.29) is 11.8 Å². The minimum absolute atomic E-state index is 0.0622. The fourth-order valence-corrected chi connectivity index (χ4v) is 3.80. The summed E-state index contributed by atoms with van der Waals surface area (Å²) in [5.74, 6) is 0.116. The lowest BCUT2D eigenvalue weighted by atomic mass is 10.1. The number of rotatable bonds is 4. The number of aromatic nitrogens is 2. The van der Waals surface area contributed by atoms with Gasteiger partial charge in [-0.2, -0.15) is 0 Å². The molecule has 90 valence electrons. The monoisotopic (exact) mass is 262 g/mol. The van der Waals surface area contributed by atoms with Crippen molar-refractivity contribution in [3.63, 3.8) is 0 Å². The second-order valence-electron chi connectivity index (χ2n) is 3.81. The van der Waals surface area contributed by atoms with E-state index in [1.54, 1.807) is 0 Å². The molecule has 6 nitrogen and oxygen atoms in total. The summed E-state index contributed by atoms with van der Waals surface area (Å²) in [6.07, 6.45) is 4.55. The molecule has 1 aliphatic rings. The zero-order valence-electron chi connectivity index (χ0n) is 8.72. The summed E-state index contributed by atoms with van der Waals surface area (Å²) >= 11 is 1.04. The maximum atomic E-state index is 11.8. The third-order valence-electron chi connectivity index (χ3n) is 2.45. The molecule has 1 aromatic rings. The maximum Gasteiger partial charge on any atom is 0.234 e. The Bertz CT molecular complexity index is 411. The van der Waals surface area contributed by atoms with Gasteiger partial charge in [0, 0.05) is 17.6 Å². The summed E-state index contributed by atoms with van der Waals surface area (Å²) in [4.78, 5) is 0. The number of nitrogens with one attached hydrogen (secondary N) is 2. The lowest BCUT2D eigenvalue weighted by Crippen LogP contribution is -2.40. The first-order chi connectivity index (χ1) is 7.66. The molecule has 1 unspecified atom stereocenters. The van der Waals surface area contributed by atoms with Crippen molar-refractivity contribution in [3.05, 3.63) is 6.20 Å². The Morgan fingerprint density at radius 2 is 2.44 bits per heavy atom. The first-order valence-electron chi connectivity index (χ1n) is 5.17. The number of anilines is 1. The van der Waals surface area contributed by atoms with Gasteiger partial charge in [0.15, 0.2) is 0 Å².